The molecule has 0 spiro atoms. The second kappa shape index (κ2) is 13.0. The summed E-state index contributed by atoms with van der Waals surface area (Å²) in [6.07, 6.45) is 0.119. The predicted octanol–water partition coefficient (Wildman–Crippen LogP) is 4.24. The second-order valence-electron chi connectivity index (χ2n) is 11.4. The molecule has 9 heteroatoms. The Labute approximate surface area is 255 Å². The molecule has 2 unspecified atom stereocenters. The van der Waals surface area contributed by atoms with Gasteiger partial charge in [-0.15, -0.1) is 11.8 Å². The van der Waals surface area contributed by atoms with Crippen molar-refractivity contribution in [2.45, 2.75) is 56.7 Å². The Morgan fingerprint density at radius 1 is 1.02 bits per heavy atom. The maximum Gasteiger partial charge on any atom is 0.254 e. The van der Waals surface area contributed by atoms with Crippen molar-refractivity contribution in [2.75, 3.05) is 5.88 Å². The molecule has 0 saturated carbocycles. The van der Waals surface area contributed by atoms with E-state index in [4.69, 9.17) is 0 Å². The monoisotopic (exact) mass is 596 g/mol. The van der Waals surface area contributed by atoms with E-state index in [1.54, 1.807) is 6.07 Å². The second-order valence-corrected chi connectivity index (χ2v) is 13.0. The summed E-state index contributed by atoms with van der Waals surface area (Å²) in [5.41, 5.74) is 3.98. The highest BCUT2D eigenvalue weighted by Crippen LogP contribution is 2.40. The fraction of sp³-hybridized carbons (Fsp3) is 0.294. The van der Waals surface area contributed by atoms with Crippen LogP contribution in [0.3, 0.4) is 0 Å². The molecule has 1 aliphatic rings. The minimum absolute atomic E-state index is 0.217. The Bertz CT molecular complexity index is 1630. The van der Waals surface area contributed by atoms with Gasteiger partial charge in [0.15, 0.2) is 6.10 Å². The lowest BCUT2D eigenvalue weighted by atomic mass is 9.96. The van der Waals surface area contributed by atoms with Gasteiger partial charge in [0, 0.05) is 22.9 Å². The highest BCUT2D eigenvalue weighted by molar-refractivity contribution is 8.00. The smallest absolute Gasteiger partial charge is 0.254 e. The summed E-state index contributed by atoms with van der Waals surface area (Å²) in [4.78, 5) is 46.7. The van der Waals surface area contributed by atoms with Crippen molar-refractivity contribution in [1.29, 1.82) is 0 Å². The number of aliphatic hydroxyl groups excluding tert-OH is 1. The first-order valence-corrected chi connectivity index (χ1v) is 15.3. The number of fused-ring (bicyclic) bond motifs is 1. The van der Waals surface area contributed by atoms with Crippen LogP contribution in [0.25, 0.3) is 10.9 Å². The third kappa shape index (κ3) is 6.89. The number of aryl methyl sites for hydroxylation is 1. The Morgan fingerprint density at radius 2 is 1.72 bits per heavy atom. The molecule has 2 heterocycles. The number of hydrogen-bond donors (Lipinski definition) is 3. The van der Waals surface area contributed by atoms with E-state index in [2.05, 4.69) is 15.6 Å². The van der Waals surface area contributed by atoms with E-state index in [0.717, 1.165) is 27.6 Å². The van der Waals surface area contributed by atoms with E-state index in [1.807, 2.05) is 99.6 Å². The normalized spacial score (nSPS) is 17.3. The number of pyridine rings is 1. The van der Waals surface area contributed by atoms with Crippen molar-refractivity contribution in [2.24, 2.45) is 0 Å². The van der Waals surface area contributed by atoms with E-state index in [1.165, 1.54) is 22.9 Å². The van der Waals surface area contributed by atoms with E-state index >= 15 is 0 Å². The summed E-state index contributed by atoms with van der Waals surface area (Å²) < 4.78 is -0.583. The number of carbonyl (C=O) groups excluding carboxylic acids is 3. The number of nitrogens with one attached hydrogen (secondary N) is 2. The van der Waals surface area contributed by atoms with Crippen molar-refractivity contribution in [3.63, 3.8) is 0 Å². The average molecular weight is 597 g/mol. The van der Waals surface area contributed by atoms with Gasteiger partial charge in [-0.05, 0) is 56.0 Å². The number of nitrogens with zero attached hydrogens (tertiary/aromatic N) is 2. The van der Waals surface area contributed by atoms with Gasteiger partial charge in [0.2, 0.25) is 5.91 Å². The zero-order chi connectivity index (χ0) is 30.6. The molecular weight excluding hydrogens is 560 g/mol. The Balaban J connectivity index is 1.36. The number of amides is 3. The minimum Gasteiger partial charge on any atom is -0.381 e. The summed E-state index contributed by atoms with van der Waals surface area (Å²) >= 11 is 1.48. The van der Waals surface area contributed by atoms with Crippen LogP contribution in [0.2, 0.25) is 0 Å². The van der Waals surface area contributed by atoms with Gasteiger partial charge in [0.05, 0.1) is 23.0 Å². The summed E-state index contributed by atoms with van der Waals surface area (Å²) in [7, 11) is 0. The molecular formula is C34H36N4O4S. The first kappa shape index (κ1) is 30.3. The Hall–Kier alpha value is -4.21. The molecule has 43 heavy (non-hydrogen) atoms. The third-order valence-electron chi connectivity index (χ3n) is 7.89. The number of para-hydroxylation sites is 1. The van der Waals surface area contributed by atoms with Gasteiger partial charge in [0.25, 0.3) is 11.8 Å². The van der Waals surface area contributed by atoms with Crippen LogP contribution in [0.5, 0.6) is 0 Å². The molecule has 0 radical (unpaired) electrons. The molecule has 222 valence electrons. The van der Waals surface area contributed by atoms with Crippen molar-refractivity contribution in [3.05, 3.63) is 113 Å². The highest BCUT2D eigenvalue weighted by atomic mass is 32.2. The van der Waals surface area contributed by atoms with Gasteiger partial charge in [-0.25, -0.2) is 0 Å². The lowest BCUT2D eigenvalue weighted by Crippen LogP contribution is -2.58. The molecule has 1 fully saturated rings. The van der Waals surface area contributed by atoms with E-state index < -0.39 is 34.7 Å². The first-order valence-electron chi connectivity index (χ1n) is 14.3. The molecule has 3 atom stereocenters. The van der Waals surface area contributed by atoms with Crippen molar-refractivity contribution >= 4 is 40.4 Å². The maximum absolute atomic E-state index is 13.9. The summed E-state index contributed by atoms with van der Waals surface area (Å²) in [5.74, 6) is -1.10. The molecule has 1 saturated heterocycles. The zero-order valence-electron chi connectivity index (χ0n) is 24.5. The van der Waals surface area contributed by atoms with Gasteiger partial charge in [0.1, 0.15) is 6.04 Å². The molecule has 3 aromatic carbocycles. The molecule has 8 nitrogen and oxygen atoms in total. The molecule has 4 aromatic rings. The number of aromatic nitrogens is 1. The molecule has 0 bridgehead atoms. The fourth-order valence-corrected chi connectivity index (χ4v) is 6.54. The quantitative estimate of drug-likeness (QED) is 0.267. The van der Waals surface area contributed by atoms with Crippen LogP contribution in [0.4, 0.5) is 0 Å². The van der Waals surface area contributed by atoms with E-state index in [9.17, 15) is 19.5 Å². The summed E-state index contributed by atoms with van der Waals surface area (Å²) in [6, 6.07) is 24.6. The van der Waals surface area contributed by atoms with Gasteiger partial charge in [-0.3, -0.25) is 19.4 Å². The van der Waals surface area contributed by atoms with Crippen molar-refractivity contribution < 1.29 is 19.5 Å². The Kier molecular flexibility index (Phi) is 9.13. The first-order chi connectivity index (χ1) is 20.6. The van der Waals surface area contributed by atoms with Crippen LogP contribution in [0, 0.1) is 6.92 Å². The number of benzene rings is 3. The molecule has 0 aliphatic carbocycles. The lowest BCUT2D eigenvalue weighted by Gasteiger charge is -2.33. The summed E-state index contributed by atoms with van der Waals surface area (Å²) in [6.45, 7) is 6.16. The SMILES string of the molecule is Cc1ccccc1CNC(=O)C1N(C(=O)[C@@H](O)C(Cc2ccccc2)NC(=O)c2cnc3ccccc3c2)CSC1(C)C. The van der Waals surface area contributed by atoms with Gasteiger partial charge in [-0.2, -0.15) is 0 Å². The van der Waals surface area contributed by atoms with Gasteiger partial charge < -0.3 is 20.6 Å². The van der Waals surface area contributed by atoms with Crippen LogP contribution in [0.1, 0.15) is 40.9 Å². The summed E-state index contributed by atoms with van der Waals surface area (Å²) in [5, 5.41) is 18.2. The highest BCUT2D eigenvalue weighted by Gasteiger charge is 2.49. The average Bonchev–Trinajstić information content (AvgIpc) is 3.34. The molecule has 1 aliphatic heterocycles. The lowest BCUT2D eigenvalue weighted by molar-refractivity contribution is -0.147. The van der Waals surface area contributed by atoms with Gasteiger partial charge >= 0.3 is 0 Å². The maximum atomic E-state index is 13.9. The number of rotatable bonds is 9. The van der Waals surface area contributed by atoms with Crippen LogP contribution in [-0.2, 0) is 22.6 Å². The zero-order valence-corrected chi connectivity index (χ0v) is 25.3. The Morgan fingerprint density at radius 3 is 2.49 bits per heavy atom. The standard InChI is InChI=1S/C34H36N4O4S/c1-22-11-7-8-15-25(22)19-36-32(41)30-34(2,3)43-21-38(30)33(42)29(39)28(17-23-12-5-4-6-13-23)37-31(40)26-18-24-14-9-10-16-27(24)35-20-26/h4-16,18,20,28-30,39H,17,19,21H2,1-3H3,(H,36,41)(H,37,40)/t28?,29-,30?/m0/s1. The number of hydrogen-bond acceptors (Lipinski definition) is 6. The number of aliphatic hydroxyl groups is 1. The van der Waals surface area contributed by atoms with Gasteiger partial charge in [-0.1, -0.05) is 72.8 Å². The predicted molar refractivity (Wildman–Crippen MR) is 169 cm³/mol. The number of thioether (sulfide) groups is 1. The van der Waals surface area contributed by atoms with E-state index in [-0.39, 0.29) is 18.2 Å². The van der Waals surface area contributed by atoms with Crippen LogP contribution in [0.15, 0.2) is 91.1 Å². The van der Waals surface area contributed by atoms with Crippen LogP contribution in [-0.4, -0.2) is 61.5 Å². The molecule has 5 rings (SSSR count). The minimum atomic E-state index is -1.58. The van der Waals surface area contributed by atoms with Crippen molar-refractivity contribution in [1.82, 2.24) is 20.5 Å². The molecule has 3 N–H and O–H groups in total. The molecule has 3 amide bonds. The van der Waals surface area contributed by atoms with Crippen LogP contribution < -0.4 is 10.6 Å². The fourth-order valence-electron chi connectivity index (χ4n) is 5.40. The largest absolute Gasteiger partial charge is 0.381 e. The van der Waals surface area contributed by atoms with Crippen LogP contribution >= 0.6 is 11.8 Å². The van der Waals surface area contributed by atoms with E-state index in [0.29, 0.717) is 12.1 Å². The number of carbonyl (C=O) groups is 3. The third-order valence-corrected chi connectivity index (χ3v) is 9.27. The van der Waals surface area contributed by atoms with Crippen molar-refractivity contribution in [3.8, 4) is 0 Å². The molecule has 1 aromatic heterocycles. The topological polar surface area (TPSA) is 112 Å².